The summed E-state index contributed by atoms with van der Waals surface area (Å²) in [5.41, 5.74) is 1.20. The molecule has 0 spiro atoms. The summed E-state index contributed by atoms with van der Waals surface area (Å²) in [6.07, 6.45) is 3.29. The SMILES string of the molecule is CCN(c1ccc(C(=O)N2CCCC2)cc1)S(C)(=O)=O. The van der Waals surface area contributed by atoms with Gasteiger partial charge in [-0.25, -0.2) is 8.42 Å². The first kappa shape index (κ1) is 14.8. The van der Waals surface area contributed by atoms with E-state index in [1.165, 1.54) is 10.6 Å². The number of nitrogens with zero attached hydrogens (tertiary/aromatic N) is 2. The third kappa shape index (κ3) is 3.12. The molecule has 0 aliphatic carbocycles. The molecule has 1 aliphatic heterocycles. The predicted molar refractivity (Wildman–Crippen MR) is 79.4 cm³/mol. The van der Waals surface area contributed by atoms with E-state index in [0.717, 1.165) is 25.9 Å². The third-order valence-corrected chi connectivity index (χ3v) is 4.75. The van der Waals surface area contributed by atoms with Crippen LogP contribution in [0.2, 0.25) is 0 Å². The van der Waals surface area contributed by atoms with E-state index >= 15 is 0 Å². The molecule has 1 saturated heterocycles. The minimum absolute atomic E-state index is 0.0245. The molecule has 0 aromatic heterocycles. The monoisotopic (exact) mass is 296 g/mol. The van der Waals surface area contributed by atoms with Crippen molar-refractivity contribution >= 4 is 21.6 Å². The van der Waals surface area contributed by atoms with Gasteiger partial charge in [0.2, 0.25) is 10.0 Å². The Morgan fingerprint density at radius 3 is 2.20 bits per heavy atom. The Morgan fingerprint density at radius 1 is 1.20 bits per heavy atom. The van der Waals surface area contributed by atoms with Crippen molar-refractivity contribution in [3.05, 3.63) is 29.8 Å². The van der Waals surface area contributed by atoms with Crippen molar-refractivity contribution in [2.75, 3.05) is 30.2 Å². The second-order valence-corrected chi connectivity index (χ2v) is 6.88. The summed E-state index contributed by atoms with van der Waals surface area (Å²) in [5.74, 6) is 0.0245. The van der Waals surface area contributed by atoms with Crippen molar-refractivity contribution in [1.29, 1.82) is 0 Å². The Morgan fingerprint density at radius 2 is 1.75 bits per heavy atom. The molecule has 0 atom stereocenters. The lowest BCUT2D eigenvalue weighted by Crippen LogP contribution is -2.30. The van der Waals surface area contributed by atoms with Crippen LogP contribution in [0, 0.1) is 0 Å². The molecule has 1 heterocycles. The molecule has 2 rings (SSSR count). The number of rotatable bonds is 4. The van der Waals surface area contributed by atoms with Crippen LogP contribution in [-0.2, 0) is 10.0 Å². The normalized spacial score (nSPS) is 15.4. The molecule has 1 aliphatic rings. The number of amides is 1. The minimum Gasteiger partial charge on any atom is -0.339 e. The second kappa shape index (κ2) is 5.83. The summed E-state index contributed by atoms with van der Waals surface area (Å²) in [7, 11) is -3.28. The van der Waals surface area contributed by atoms with Gasteiger partial charge in [0.15, 0.2) is 0 Å². The van der Waals surface area contributed by atoms with Crippen molar-refractivity contribution in [3.63, 3.8) is 0 Å². The number of hydrogen-bond donors (Lipinski definition) is 0. The highest BCUT2D eigenvalue weighted by Gasteiger charge is 2.20. The zero-order valence-electron chi connectivity index (χ0n) is 11.9. The quantitative estimate of drug-likeness (QED) is 0.850. The molecule has 0 bridgehead atoms. The van der Waals surface area contributed by atoms with Crippen LogP contribution in [0.4, 0.5) is 5.69 Å². The van der Waals surface area contributed by atoms with Crippen LogP contribution in [0.15, 0.2) is 24.3 Å². The molecule has 1 aromatic carbocycles. The van der Waals surface area contributed by atoms with E-state index in [9.17, 15) is 13.2 Å². The first-order valence-electron chi connectivity index (χ1n) is 6.80. The summed E-state index contributed by atoms with van der Waals surface area (Å²) in [4.78, 5) is 14.0. The van der Waals surface area contributed by atoms with Crippen LogP contribution in [0.3, 0.4) is 0 Å². The van der Waals surface area contributed by atoms with Crippen molar-refractivity contribution in [3.8, 4) is 0 Å². The van der Waals surface area contributed by atoms with E-state index < -0.39 is 10.0 Å². The molecule has 1 aromatic rings. The number of likely N-dealkylation sites (tertiary alicyclic amines) is 1. The summed E-state index contributed by atoms with van der Waals surface area (Å²) < 4.78 is 24.6. The van der Waals surface area contributed by atoms with Crippen molar-refractivity contribution in [2.45, 2.75) is 19.8 Å². The van der Waals surface area contributed by atoms with Gasteiger partial charge in [-0.05, 0) is 44.0 Å². The van der Waals surface area contributed by atoms with Crippen molar-refractivity contribution < 1.29 is 13.2 Å². The minimum atomic E-state index is -3.28. The van der Waals surface area contributed by atoms with E-state index in [-0.39, 0.29) is 5.91 Å². The molecule has 0 unspecified atom stereocenters. The number of carbonyl (C=O) groups is 1. The predicted octanol–water partition coefficient (Wildman–Crippen LogP) is 1.71. The van der Waals surface area contributed by atoms with E-state index in [2.05, 4.69) is 0 Å². The summed E-state index contributed by atoms with van der Waals surface area (Å²) in [6.45, 7) is 3.78. The molecule has 20 heavy (non-hydrogen) atoms. The van der Waals surface area contributed by atoms with E-state index in [1.807, 2.05) is 4.90 Å². The van der Waals surface area contributed by atoms with Gasteiger partial charge in [0.05, 0.1) is 11.9 Å². The maximum Gasteiger partial charge on any atom is 0.253 e. The number of carbonyl (C=O) groups excluding carboxylic acids is 1. The largest absolute Gasteiger partial charge is 0.339 e. The Balaban J connectivity index is 2.19. The molecule has 5 nitrogen and oxygen atoms in total. The average Bonchev–Trinajstić information content (AvgIpc) is 2.92. The highest BCUT2D eigenvalue weighted by atomic mass is 32.2. The van der Waals surface area contributed by atoms with Gasteiger partial charge >= 0.3 is 0 Å². The molecular formula is C14H20N2O3S. The van der Waals surface area contributed by atoms with E-state index in [1.54, 1.807) is 31.2 Å². The lowest BCUT2D eigenvalue weighted by atomic mass is 10.2. The Bertz CT molecular complexity index is 575. The molecular weight excluding hydrogens is 276 g/mol. The highest BCUT2D eigenvalue weighted by Crippen LogP contribution is 2.20. The van der Waals surface area contributed by atoms with Gasteiger partial charge in [0.1, 0.15) is 0 Å². The van der Waals surface area contributed by atoms with Gasteiger partial charge in [-0.3, -0.25) is 9.10 Å². The zero-order valence-corrected chi connectivity index (χ0v) is 12.7. The average molecular weight is 296 g/mol. The van der Waals surface area contributed by atoms with Crippen LogP contribution in [0.1, 0.15) is 30.1 Å². The van der Waals surface area contributed by atoms with Gasteiger partial charge in [0.25, 0.3) is 5.91 Å². The molecule has 0 N–H and O–H groups in total. The first-order chi connectivity index (χ1) is 9.43. The number of hydrogen-bond acceptors (Lipinski definition) is 3. The lowest BCUT2D eigenvalue weighted by Gasteiger charge is -2.21. The summed E-state index contributed by atoms with van der Waals surface area (Å²) in [6, 6.07) is 6.77. The van der Waals surface area contributed by atoms with Crippen molar-refractivity contribution in [1.82, 2.24) is 4.90 Å². The Hall–Kier alpha value is -1.56. The van der Waals surface area contributed by atoms with Gasteiger partial charge in [0, 0.05) is 25.2 Å². The first-order valence-corrected chi connectivity index (χ1v) is 8.65. The lowest BCUT2D eigenvalue weighted by molar-refractivity contribution is 0.0793. The maximum atomic E-state index is 12.2. The molecule has 0 radical (unpaired) electrons. The van der Waals surface area contributed by atoms with Gasteiger partial charge < -0.3 is 4.90 Å². The fraction of sp³-hybridized carbons (Fsp3) is 0.500. The maximum absolute atomic E-state index is 12.2. The molecule has 0 saturated carbocycles. The Labute approximate surface area is 120 Å². The third-order valence-electron chi connectivity index (χ3n) is 3.48. The van der Waals surface area contributed by atoms with Gasteiger partial charge in [-0.2, -0.15) is 0 Å². The van der Waals surface area contributed by atoms with Crippen LogP contribution in [0.5, 0.6) is 0 Å². The second-order valence-electron chi connectivity index (χ2n) is 4.97. The topological polar surface area (TPSA) is 57.7 Å². The number of anilines is 1. The number of sulfonamides is 1. The Kier molecular flexibility index (Phi) is 4.32. The van der Waals surface area contributed by atoms with E-state index in [4.69, 9.17) is 0 Å². The molecule has 1 fully saturated rings. The molecule has 6 heteroatoms. The summed E-state index contributed by atoms with van der Waals surface area (Å²) >= 11 is 0. The van der Waals surface area contributed by atoms with Crippen LogP contribution < -0.4 is 4.31 Å². The van der Waals surface area contributed by atoms with E-state index in [0.29, 0.717) is 17.8 Å². The fourth-order valence-electron chi connectivity index (χ4n) is 2.48. The van der Waals surface area contributed by atoms with Crippen LogP contribution in [0.25, 0.3) is 0 Å². The van der Waals surface area contributed by atoms with Gasteiger partial charge in [-0.15, -0.1) is 0 Å². The fourth-order valence-corrected chi connectivity index (χ4v) is 3.46. The number of benzene rings is 1. The molecule has 1 amide bonds. The van der Waals surface area contributed by atoms with Crippen molar-refractivity contribution in [2.24, 2.45) is 0 Å². The molecule has 110 valence electrons. The van der Waals surface area contributed by atoms with Gasteiger partial charge in [-0.1, -0.05) is 0 Å². The highest BCUT2D eigenvalue weighted by molar-refractivity contribution is 7.92. The van der Waals surface area contributed by atoms with Crippen LogP contribution in [-0.4, -0.2) is 45.1 Å². The zero-order chi connectivity index (χ0) is 14.8. The smallest absolute Gasteiger partial charge is 0.253 e. The van der Waals surface area contributed by atoms with Crippen LogP contribution >= 0.6 is 0 Å². The summed E-state index contributed by atoms with van der Waals surface area (Å²) in [5, 5.41) is 0. The standard InChI is InChI=1S/C14H20N2O3S/c1-3-16(20(2,18)19)13-8-6-12(7-9-13)14(17)15-10-4-5-11-15/h6-9H,3-5,10-11H2,1-2H3.